The lowest BCUT2D eigenvalue weighted by atomic mass is 9.79. The molecular formula is C14H17N3O2. The van der Waals surface area contributed by atoms with E-state index in [-0.39, 0.29) is 5.92 Å². The Morgan fingerprint density at radius 1 is 1.32 bits per heavy atom. The van der Waals surface area contributed by atoms with Crippen molar-refractivity contribution in [3.8, 4) is 0 Å². The minimum absolute atomic E-state index is 0.131. The van der Waals surface area contributed by atoms with E-state index < -0.39 is 5.97 Å². The Morgan fingerprint density at radius 2 is 2.11 bits per heavy atom. The van der Waals surface area contributed by atoms with Gasteiger partial charge in [0.25, 0.3) is 0 Å². The molecule has 0 aliphatic heterocycles. The van der Waals surface area contributed by atoms with Gasteiger partial charge in [0.1, 0.15) is 6.33 Å². The second kappa shape index (κ2) is 4.99. The van der Waals surface area contributed by atoms with E-state index in [0.29, 0.717) is 5.92 Å². The van der Waals surface area contributed by atoms with Gasteiger partial charge in [0.2, 0.25) is 0 Å². The second-order valence-corrected chi connectivity index (χ2v) is 5.36. The van der Waals surface area contributed by atoms with Crippen molar-refractivity contribution < 1.29 is 9.90 Å². The predicted molar refractivity (Wildman–Crippen MR) is 69.8 cm³/mol. The highest BCUT2D eigenvalue weighted by Crippen LogP contribution is 2.31. The first-order valence-corrected chi connectivity index (χ1v) is 6.73. The van der Waals surface area contributed by atoms with Crippen molar-refractivity contribution in [2.75, 3.05) is 0 Å². The molecule has 0 spiro atoms. The van der Waals surface area contributed by atoms with E-state index in [4.69, 9.17) is 5.11 Å². The zero-order valence-electron chi connectivity index (χ0n) is 10.7. The third-order valence-corrected chi connectivity index (χ3v) is 4.06. The van der Waals surface area contributed by atoms with Gasteiger partial charge in [-0.2, -0.15) is 5.10 Å². The zero-order chi connectivity index (χ0) is 13.2. The molecule has 1 N–H and O–H groups in total. The Balaban J connectivity index is 1.64. The first-order valence-electron chi connectivity index (χ1n) is 6.73. The van der Waals surface area contributed by atoms with Gasteiger partial charge >= 0.3 is 5.97 Å². The van der Waals surface area contributed by atoms with Gasteiger partial charge in [-0.15, -0.1) is 0 Å². The second-order valence-electron chi connectivity index (χ2n) is 5.36. The van der Waals surface area contributed by atoms with E-state index in [2.05, 4.69) is 16.1 Å². The van der Waals surface area contributed by atoms with Gasteiger partial charge in [-0.1, -0.05) is 6.07 Å². The number of aliphatic carboxylic acids is 1. The number of carbonyl (C=O) groups is 1. The topological polar surface area (TPSA) is 67.5 Å². The van der Waals surface area contributed by atoms with Crippen LogP contribution in [0.25, 0.3) is 5.65 Å². The molecule has 1 aliphatic carbocycles. The third-order valence-electron chi connectivity index (χ3n) is 4.06. The third kappa shape index (κ3) is 2.59. The number of hydrogen-bond donors (Lipinski definition) is 1. The summed E-state index contributed by atoms with van der Waals surface area (Å²) < 4.78 is 1.79. The molecule has 3 rings (SSSR count). The predicted octanol–water partition coefficient (Wildman–Crippen LogP) is 2.16. The van der Waals surface area contributed by atoms with Crippen molar-refractivity contribution in [1.82, 2.24) is 14.6 Å². The molecule has 2 heterocycles. The van der Waals surface area contributed by atoms with E-state index in [9.17, 15) is 4.79 Å². The molecule has 0 bridgehead atoms. The molecule has 0 unspecified atom stereocenters. The monoisotopic (exact) mass is 259 g/mol. The van der Waals surface area contributed by atoms with E-state index >= 15 is 0 Å². The Bertz CT molecular complexity index is 585. The molecule has 1 aliphatic rings. The van der Waals surface area contributed by atoms with Gasteiger partial charge in [0.05, 0.1) is 5.92 Å². The Hall–Kier alpha value is -1.91. The van der Waals surface area contributed by atoms with Crippen molar-refractivity contribution in [3.05, 3.63) is 30.2 Å². The van der Waals surface area contributed by atoms with E-state index in [1.165, 1.54) is 5.56 Å². The molecule has 0 radical (unpaired) electrons. The first-order chi connectivity index (χ1) is 9.22. The van der Waals surface area contributed by atoms with Crippen LogP contribution in [0.4, 0.5) is 0 Å². The van der Waals surface area contributed by atoms with E-state index in [1.54, 1.807) is 10.8 Å². The molecule has 1 saturated carbocycles. The van der Waals surface area contributed by atoms with Gasteiger partial charge in [0, 0.05) is 6.20 Å². The van der Waals surface area contributed by atoms with Gasteiger partial charge in [0.15, 0.2) is 5.65 Å². The highest BCUT2D eigenvalue weighted by Gasteiger charge is 2.25. The van der Waals surface area contributed by atoms with Gasteiger partial charge in [-0.3, -0.25) is 4.79 Å². The normalized spacial score (nSPS) is 23.6. The standard InChI is InChI=1S/C14H17N3O2/c18-14(19)12-4-1-10(2-5-12)7-11-3-6-13-15-9-16-17(13)8-11/h3,6,8-10,12H,1-2,4-5,7H2,(H,18,19). The fourth-order valence-electron chi connectivity index (χ4n) is 2.93. The molecule has 0 aromatic carbocycles. The van der Waals surface area contributed by atoms with Crippen LogP contribution in [0.15, 0.2) is 24.7 Å². The molecule has 1 fully saturated rings. The molecular weight excluding hydrogens is 242 g/mol. The summed E-state index contributed by atoms with van der Waals surface area (Å²) >= 11 is 0. The number of carboxylic acid groups (broad SMARTS) is 1. The average molecular weight is 259 g/mol. The van der Waals surface area contributed by atoms with Crippen LogP contribution in [0.5, 0.6) is 0 Å². The smallest absolute Gasteiger partial charge is 0.306 e. The van der Waals surface area contributed by atoms with Crippen molar-refractivity contribution in [2.45, 2.75) is 32.1 Å². The summed E-state index contributed by atoms with van der Waals surface area (Å²) in [5, 5.41) is 13.1. The molecule has 0 atom stereocenters. The van der Waals surface area contributed by atoms with Crippen LogP contribution in [0.1, 0.15) is 31.2 Å². The zero-order valence-corrected chi connectivity index (χ0v) is 10.7. The van der Waals surface area contributed by atoms with Crippen molar-refractivity contribution in [1.29, 1.82) is 0 Å². The van der Waals surface area contributed by atoms with E-state index in [1.807, 2.05) is 12.3 Å². The summed E-state index contributed by atoms with van der Waals surface area (Å²) in [7, 11) is 0. The average Bonchev–Trinajstić information content (AvgIpc) is 2.87. The lowest BCUT2D eigenvalue weighted by Crippen LogP contribution is -2.22. The van der Waals surface area contributed by atoms with Crippen molar-refractivity contribution in [2.24, 2.45) is 11.8 Å². The van der Waals surface area contributed by atoms with Crippen LogP contribution in [0.3, 0.4) is 0 Å². The summed E-state index contributed by atoms with van der Waals surface area (Å²) in [5.74, 6) is -0.173. The molecule has 0 saturated heterocycles. The Morgan fingerprint density at radius 3 is 2.84 bits per heavy atom. The van der Waals surface area contributed by atoms with Gasteiger partial charge < -0.3 is 5.11 Å². The van der Waals surface area contributed by atoms with Gasteiger partial charge in [-0.25, -0.2) is 9.50 Å². The highest BCUT2D eigenvalue weighted by molar-refractivity contribution is 5.69. The highest BCUT2D eigenvalue weighted by atomic mass is 16.4. The summed E-state index contributed by atoms with van der Waals surface area (Å²) in [6.07, 6.45) is 8.21. The summed E-state index contributed by atoms with van der Waals surface area (Å²) in [4.78, 5) is 15.0. The molecule has 0 amide bonds. The minimum Gasteiger partial charge on any atom is -0.481 e. The van der Waals surface area contributed by atoms with Crippen LogP contribution >= 0.6 is 0 Å². The molecule has 5 heteroatoms. The fourth-order valence-corrected chi connectivity index (χ4v) is 2.93. The van der Waals surface area contributed by atoms with Gasteiger partial charge in [-0.05, 0) is 49.7 Å². The largest absolute Gasteiger partial charge is 0.481 e. The molecule has 100 valence electrons. The maximum atomic E-state index is 10.9. The van der Waals surface area contributed by atoms with Crippen LogP contribution in [-0.4, -0.2) is 25.7 Å². The maximum absolute atomic E-state index is 10.9. The van der Waals surface area contributed by atoms with Crippen LogP contribution in [0, 0.1) is 11.8 Å². The van der Waals surface area contributed by atoms with Crippen LogP contribution in [-0.2, 0) is 11.2 Å². The lowest BCUT2D eigenvalue weighted by Gasteiger charge is -2.26. The van der Waals surface area contributed by atoms with Crippen LogP contribution < -0.4 is 0 Å². The minimum atomic E-state index is -0.637. The molecule has 19 heavy (non-hydrogen) atoms. The number of pyridine rings is 1. The Labute approximate surface area is 111 Å². The van der Waals surface area contributed by atoms with Crippen LogP contribution in [0.2, 0.25) is 0 Å². The Kier molecular flexibility index (Phi) is 3.19. The summed E-state index contributed by atoms with van der Waals surface area (Å²) in [6.45, 7) is 0. The van der Waals surface area contributed by atoms with Crippen molar-refractivity contribution in [3.63, 3.8) is 0 Å². The SMILES string of the molecule is O=C(O)C1CCC(Cc2ccc3ncnn3c2)CC1. The first kappa shape index (κ1) is 12.1. The number of carboxylic acids is 1. The molecule has 2 aromatic rings. The number of hydrogen-bond acceptors (Lipinski definition) is 3. The number of nitrogens with zero attached hydrogens (tertiary/aromatic N) is 3. The van der Waals surface area contributed by atoms with E-state index in [0.717, 1.165) is 37.8 Å². The molecule has 5 nitrogen and oxygen atoms in total. The number of fused-ring (bicyclic) bond motifs is 1. The molecule has 2 aromatic heterocycles. The lowest BCUT2D eigenvalue weighted by molar-refractivity contribution is -0.143. The fraction of sp³-hybridized carbons (Fsp3) is 0.500. The van der Waals surface area contributed by atoms with Crippen molar-refractivity contribution >= 4 is 11.6 Å². The number of aromatic nitrogens is 3. The summed E-state index contributed by atoms with van der Waals surface area (Å²) in [6, 6.07) is 4.07. The maximum Gasteiger partial charge on any atom is 0.306 e. The summed E-state index contributed by atoms with van der Waals surface area (Å²) in [5.41, 5.74) is 2.11. The number of rotatable bonds is 3. The quantitative estimate of drug-likeness (QED) is 0.917.